The van der Waals surface area contributed by atoms with E-state index >= 15 is 0 Å². The van der Waals surface area contributed by atoms with Gasteiger partial charge >= 0.3 is 6.18 Å². The predicted octanol–water partition coefficient (Wildman–Crippen LogP) is 3.40. The van der Waals surface area contributed by atoms with Gasteiger partial charge in [0.25, 0.3) is 0 Å². The zero-order valence-electron chi connectivity index (χ0n) is 12.6. The van der Waals surface area contributed by atoms with Crippen LogP contribution >= 0.6 is 0 Å². The van der Waals surface area contributed by atoms with Gasteiger partial charge in [-0.2, -0.15) is 18.4 Å². The number of halogens is 3. The molecule has 1 aliphatic heterocycles. The Kier molecular flexibility index (Phi) is 5.30. The molecule has 6 heteroatoms. The molecule has 0 bridgehead atoms. The Morgan fingerprint density at radius 2 is 2.00 bits per heavy atom. The smallest absolute Gasteiger partial charge is 0.372 e. The Morgan fingerprint density at radius 1 is 1.32 bits per heavy atom. The number of hydrogen-bond acceptors (Lipinski definition) is 3. The molecule has 22 heavy (non-hydrogen) atoms. The van der Waals surface area contributed by atoms with E-state index in [2.05, 4.69) is 5.32 Å². The third kappa shape index (κ3) is 3.92. The van der Waals surface area contributed by atoms with Crippen LogP contribution < -0.4 is 10.2 Å². The highest BCUT2D eigenvalue weighted by Gasteiger charge is 2.34. The van der Waals surface area contributed by atoms with E-state index in [1.165, 1.54) is 6.07 Å². The van der Waals surface area contributed by atoms with Gasteiger partial charge in [-0.1, -0.05) is 0 Å². The quantitative estimate of drug-likeness (QED) is 0.926. The molecule has 0 spiro atoms. The van der Waals surface area contributed by atoms with Crippen molar-refractivity contribution in [2.75, 3.05) is 31.6 Å². The van der Waals surface area contributed by atoms with Crippen LogP contribution in [0.25, 0.3) is 0 Å². The van der Waals surface area contributed by atoms with Crippen LogP contribution in [-0.2, 0) is 6.18 Å². The van der Waals surface area contributed by atoms with E-state index in [4.69, 9.17) is 5.26 Å². The lowest BCUT2D eigenvalue weighted by atomic mass is 9.93. The summed E-state index contributed by atoms with van der Waals surface area (Å²) in [5.74, 6) is 0.629. The molecule has 0 aromatic heterocycles. The lowest BCUT2D eigenvalue weighted by Crippen LogP contribution is -2.34. The molecule has 3 nitrogen and oxygen atoms in total. The molecule has 120 valence electrons. The van der Waals surface area contributed by atoms with E-state index in [1.807, 2.05) is 11.9 Å². The lowest BCUT2D eigenvalue weighted by molar-refractivity contribution is -0.137. The molecule has 0 radical (unpaired) electrons. The van der Waals surface area contributed by atoms with Gasteiger partial charge in [-0.25, -0.2) is 0 Å². The fraction of sp³-hybridized carbons (Fsp3) is 0.562. The van der Waals surface area contributed by atoms with Crippen molar-refractivity contribution in [2.45, 2.75) is 25.4 Å². The summed E-state index contributed by atoms with van der Waals surface area (Å²) in [5.41, 5.74) is -0.608. The number of nitriles is 1. The van der Waals surface area contributed by atoms with Gasteiger partial charge in [0, 0.05) is 18.8 Å². The second-order valence-corrected chi connectivity index (χ2v) is 5.66. The van der Waals surface area contributed by atoms with E-state index in [0.29, 0.717) is 11.6 Å². The second kappa shape index (κ2) is 7.01. The van der Waals surface area contributed by atoms with Crippen molar-refractivity contribution in [1.82, 2.24) is 5.32 Å². The molecule has 1 aromatic rings. The molecule has 0 amide bonds. The van der Waals surface area contributed by atoms with E-state index in [1.54, 1.807) is 12.1 Å². The van der Waals surface area contributed by atoms with Crippen molar-refractivity contribution >= 4 is 5.69 Å². The van der Waals surface area contributed by atoms with Gasteiger partial charge in [-0.15, -0.1) is 0 Å². The van der Waals surface area contributed by atoms with Crippen LogP contribution in [0.1, 0.15) is 30.4 Å². The molecule has 0 atom stereocenters. The van der Waals surface area contributed by atoms with E-state index < -0.39 is 11.7 Å². The molecular weight excluding hydrogens is 291 g/mol. The maximum absolute atomic E-state index is 13.0. The number of piperidine rings is 1. The van der Waals surface area contributed by atoms with Crippen molar-refractivity contribution in [3.05, 3.63) is 29.3 Å². The average Bonchev–Trinajstić information content (AvgIpc) is 2.52. The standard InChI is InChI=1S/C16H20F3N3/c1-21-7-4-12-5-8-22(9-6-12)14-3-2-13(11-20)15(10-14)16(17,18)19/h2-3,10,12,21H,4-9H2,1H3. The fourth-order valence-electron chi connectivity index (χ4n) is 2.89. The first-order valence-corrected chi connectivity index (χ1v) is 7.46. The normalized spacial score (nSPS) is 16.6. The molecule has 1 fully saturated rings. The molecule has 0 saturated carbocycles. The van der Waals surface area contributed by atoms with Gasteiger partial charge in [0.2, 0.25) is 0 Å². The summed E-state index contributed by atoms with van der Waals surface area (Å²) in [7, 11) is 1.92. The minimum atomic E-state index is -4.49. The zero-order chi connectivity index (χ0) is 16.2. The summed E-state index contributed by atoms with van der Waals surface area (Å²) >= 11 is 0. The van der Waals surface area contributed by atoms with Crippen LogP contribution in [-0.4, -0.2) is 26.7 Å². The summed E-state index contributed by atoms with van der Waals surface area (Å²) in [5, 5.41) is 12.0. The highest BCUT2D eigenvalue weighted by Crippen LogP contribution is 2.35. The van der Waals surface area contributed by atoms with E-state index in [9.17, 15) is 13.2 Å². The Labute approximate surface area is 128 Å². The molecule has 0 unspecified atom stereocenters. The van der Waals surface area contributed by atoms with Crippen LogP contribution in [0.5, 0.6) is 0 Å². The summed E-state index contributed by atoms with van der Waals surface area (Å²) in [6, 6.07) is 5.60. The SMILES string of the molecule is CNCCC1CCN(c2ccc(C#N)c(C(F)(F)F)c2)CC1. The molecule has 1 aliphatic rings. The molecule has 1 N–H and O–H groups in total. The minimum absolute atomic E-state index is 0.319. The van der Waals surface area contributed by atoms with Gasteiger partial charge < -0.3 is 10.2 Å². The molecule has 1 aromatic carbocycles. The molecule has 1 saturated heterocycles. The number of nitrogens with zero attached hydrogens (tertiary/aromatic N) is 2. The number of alkyl halides is 3. The summed E-state index contributed by atoms with van der Waals surface area (Å²) in [4.78, 5) is 1.98. The molecule has 1 heterocycles. The first-order valence-electron chi connectivity index (χ1n) is 7.46. The highest BCUT2D eigenvalue weighted by atomic mass is 19.4. The predicted molar refractivity (Wildman–Crippen MR) is 79.6 cm³/mol. The van der Waals surface area contributed by atoms with Crippen molar-refractivity contribution in [2.24, 2.45) is 5.92 Å². The Bertz CT molecular complexity index is 541. The number of nitrogens with one attached hydrogen (secondary N) is 1. The minimum Gasteiger partial charge on any atom is -0.372 e. The third-order valence-electron chi connectivity index (χ3n) is 4.21. The zero-order valence-corrected chi connectivity index (χ0v) is 12.6. The van der Waals surface area contributed by atoms with Gasteiger partial charge in [-0.3, -0.25) is 0 Å². The van der Waals surface area contributed by atoms with Crippen LogP contribution in [0.3, 0.4) is 0 Å². The van der Waals surface area contributed by atoms with Crippen LogP contribution in [0.15, 0.2) is 18.2 Å². The van der Waals surface area contributed by atoms with E-state index in [0.717, 1.165) is 45.0 Å². The first kappa shape index (κ1) is 16.6. The number of anilines is 1. The van der Waals surface area contributed by atoms with Gasteiger partial charge in [0.1, 0.15) is 0 Å². The largest absolute Gasteiger partial charge is 0.417 e. The summed E-state index contributed by atoms with van der Waals surface area (Å²) in [6.45, 7) is 2.49. The van der Waals surface area contributed by atoms with Crippen molar-refractivity contribution in [3.63, 3.8) is 0 Å². The van der Waals surface area contributed by atoms with Gasteiger partial charge in [0.15, 0.2) is 0 Å². The maximum atomic E-state index is 13.0. The van der Waals surface area contributed by atoms with E-state index in [-0.39, 0.29) is 5.56 Å². The van der Waals surface area contributed by atoms with Crippen molar-refractivity contribution in [3.8, 4) is 6.07 Å². The molecule has 0 aliphatic carbocycles. The topological polar surface area (TPSA) is 39.1 Å². The van der Waals surface area contributed by atoms with Gasteiger partial charge in [0.05, 0.1) is 17.2 Å². The summed E-state index contributed by atoms with van der Waals surface area (Å²) < 4.78 is 39.0. The van der Waals surface area contributed by atoms with Crippen LogP contribution in [0.2, 0.25) is 0 Å². The van der Waals surface area contributed by atoms with Gasteiger partial charge in [-0.05, 0) is 57.0 Å². The Morgan fingerprint density at radius 3 is 2.55 bits per heavy atom. The fourth-order valence-corrected chi connectivity index (χ4v) is 2.89. The monoisotopic (exact) mass is 311 g/mol. The first-order chi connectivity index (χ1) is 10.5. The average molecular weight is 311 g/mol. The second-order valence-electron chi connectivity index (χ2n) is 5.66. The number of rotatable bonds is 4. The number of hydrogen-bond donors (Lipinski definition) is 1. The molecule has 2 rings (SSSR count). The maximum Gasteiger partial charge on any atom is 0.417 e. The number of benzene rings is 1. The Hall–Kier alpha value is -1.74. The lowest BCUT2D eigenvalue weighted by Gasteiger charge is -2.34. The third-order valence-corrected chi connectivity index (χ3v) is 4.21. The van der Waals surface area contributed by atoms with Crippen LogP contribution in [0, 0.1) is 17.2 Å². The van der Waals surface area contributed by atoms with Crippen molar-refractivity contribution < 1.29 is 13.2 Å². The van der Waals surface area contributed by atoms with Crippen LogP contribution in [0.4, 0.5) is 18.9 Å². The summed E-state index contributed by atoms with van der Waals surface area (Å²) in [6.07, 6.45) is -1.41. The Balaban J connectivity index is 2.10. The molecular formula is C16H20F3N3. The van der Waals surface area contributed by atoms with Crippen molar-refractivity contribution in [1.29, 1.82) is 5.26 Å². The highest BCUT2D eigenvalue weighted by molar-refractivity contribution is 5.55.